The number of aryl methyl sites for hydroxylation is 1. The van der Waals surface area contributed by atoms with Crippen molar-refractivity contribution in [3.63, 3.8) is 0 Å². The van der Waals surface area contributed by atoms with Crippen molar-refractivity contribution >= 4 is 11.8 Å². The van der Waals surface area contributed by atoms with Gasteiger partial charge in [0.25, 0.3) is 6.02 Å². The van der Waals surface area contributed by atoms with E-state index in [9.17, 15) is 0 Å². The van der Waals surface area contributed by atoms with Gasteiger partial charge in [0.2, 0.25) is 0 Å². The van der Waals surface area contributed by atoms with Gasteiger partial charge in [-0.1, -0.05) is 0 Å². The van der Waals surface area contributed by atoms with E-state index in [2.05, 4.69) is 26.3 Å². The number of ether oxygens (including phenoxy) is 1. The number of amidine groups is 1. The van der Waals surface area contributed by atoms with Crippen LogP contribution >= 0.6 is 0 Å². The summed E-state index contributed by atoms with van der Waals surface area (Å²) in [5.74, 6) is 1.28. The fourth-order valence-electron chi connectivity index (χ4n) is 3.81. The number of aromatic nitrogens is 1. The third kappa shape index (κ3) is 2.13. The SMILES string of the molecule is Cc1nc(NC2=NC[C@@]3(CN4CCC3CC4)O2)ccc1C#N. The number of hydrogen-bond acceptors (Lipinski definition) is 6. The van der Waals surface area contributed by atoms with Gasteiger partial charge < -0.3 is 4.74 Å². The molecular weight excluding hydrogens is 278 g/mol. The summed E-state index contributed by atoms with van der Waals surface area (Å²) in [6, 6.07) is 6.24. The van der Waals surface area contributed by atoms with Gasteiger partial charge in [-0.2, -0.15) is 5.26 Å². The summed E-state index contributed by atoms with van der Waals surface area (Å²) >= 11 is 0. The summed E-state index contributed by atoms with van der Waals surface area (Å²) in [5, 5.41) is 12.1. The van der Waals surface area contributed by atoms with E-state index in [1.165, 1.54) is 25.9 Å². The molecule has 1 aromatic rings. The number of nitriles is 1. The number of anilines is 1. The third-order valence-electron chi connectivity index (χ3n) is 5.05. The molecule has 114 valence electrons. The predicted octanol–water partition coefficient (Wildman–Crippen LogP) is 1.52. The Labute approximate surface area is 129 Å². The number of piperidine rings is 3. The summed E-state index contributed by atoms with van der Waals surface area (Å²) in [5.41, 5.74) is 1.16. The zero-order valence-electron chi connectivity index (χ0n) is 12.7. The van der Waals surface area contributed by atoms with Crippen LogP contribution in [0.3, 0.4) is 0 Å². The van der Waals surface area contributed by atoms with E-state index >= 15 is 0 Å². The summed E-state index contributed by atoms with van der Waals surface area (Å²) < 4.78 is 6.22. The molecule has 0 unspecified atom stereocenters. The molecule has 1 spiro atoms. The van der Waals surface area contributed by atoms with Crippen LogP contribution in [0.1, 0.15) is 24.1 Å². The van der Waals surface area contributed by atoms with Crippen LogP contribution in [0.25, 0.3) is 0 Å². The van der Waals surface area contributed by atoms with E-state index in [1.807, 2.05) is 6.92 Å². The van der Waals surface area contributed by atoms with Gasteiger partial charge in [-0.15, -0.1) is 0 Å². The van der Waals surface area contributed by atoms with Crippen LogP contribution in [0, 0.1) is 24.2 Å². The molecule has 3 saturated heterocycles. The second-order valence-corrected chi connectivity index (χ2v) is 6.40. The van der Waals surface area contributed by atoms with Crippen LogP contribution < -0.4 is 5.32 Å². The molecule has 0 aromatic carbocycles. The lowest BCUT2D eigenvalue weighted by atomic mass is 9.75. The number of rotatable bonds is 1. The van der Waals surface area contributed by atoms with Gasteiger partial charge in [0, 0.05) is 12.5 Å². The van der Waals surface area contributed by atoms with Crippen molar-refractivity contribution in [3.8, 4) is 6.07 Å². The van der Waals surface area contributed by atoms with Crippen LogP contribution in [-0.2, 0) is 4.74 Å². The fourth-order valence-corrected chi connectivity index (χ4v) is 3.81. The van der Waals surface area contributed by atoms with Gasteiger partial charge in [0.1, 0.15) is 17.5 Å². The van der Waals surface area contributed by atoms with Crippen molar-refractivity contribution in [1.29, 1.82) is 5.26 Å². The maximum absolute atomic E-state index is 8.96. The first-order chi connectivity index (χ1) is 10.7. The maximum atomic E-state index is 8.96. The Hall–Kier alpha value is -2.13. The molecule has 0 saturated carbocycles. The van der Waals surface area contributed by atoms with Crippen LogP contribution in [0.4, 0.5) is 5.82 Å². The Bertz CT molecular complexity index is 672. The molecule has 1 aromatic heterocycles. The topological polar surface area (TPSA) is 73.5 Å². The first-order valence-corrected chi connectivity index (χ1v) is 7.79. The van der Waals surface area contributed by atoms with Gasteiger partial charge in [-0.25, -0.2) is 9.98 Å². The smallest absolute Gasteiger partial charge is 0.291 e. The van der Waals surface area contributed by atoms with Crippen molar-refractivity contribution in [2.24, 2.45) is 10.9 Å². The molecule has 1 N–H and O–H groups in total. The number of nitrogens with one attached hydrogen (secondary N) is 1. The highest BCUT2D eigenvalue weighted by Gasteiger charge is 2.51. The maximum Gasteiger partial charge on any atom is 0.291 e. The Morgan fingerprint density at radius 3 is 2.86 bits per heavy atom. The number of hydrogen-bond donors (Lipinski definition) is 1. The fraction of sp³-hybridized carbons (Fsp3) is 0.562. The molecule has 1 atom stereocenters. The molecule has 0 aliphatic carbocycles. The normalized spacial score (nSPS) is 32.5. The summed E-state index contributed by atoms with van der Waals surface area (Å²) in [6.45, 7) is 5.91. The number of nitrogens with zero attached hydrogens (tertiary/aromatic N) is 4. The Kier molecular flexibility index (Phi) is 3.05. The molecular formula is C16H19N5O. The van der Waals surface area contributed by atoms with Crippen LogP contribution in [0.2, 0.25) is 0 Å². The highest BCUT2D eigenvalue weighted by Crippen LogP contribution is 2.40. The minimum absolute atomic E-state index is 0.138. The lowest BCUT2D eigenvalue weighted by Gasteiger charge is -2.50. The van der Waals surface area contributed by atoms with Gasteiger partial charge >= 0.3 is 0 Å². The summed E-state index contributed by atoms with van der Waals surface area (Å²) in [7, 11) is 0. The molecule has 22 heavy (non-hydrogen) atoms. The van der Waals surface area contributed by atoms with Crippen LogP contribution in [0.15, 0.2) is 17.1 Å². The molecule has 4 aliphatic rings. The van der Waals surface area contributed by atoms with Gasteiger partial charge in [-0.05, 0) is 45.0 Å². The quantitative estimate of drug-likeness (QED) is 0.851. The molecule has 3 fully saturated rings. The zero-order valence-corrected chi connectivity index (χ0v) is 12.7. The summed E-state index contributed by atoms with van der Waals surface area (Å²) in [4.78, 5) is 11.4. The molecule has 5 rings (SSSR count). The Balaban J connectivity index is 1.47. The highest BCUT2D eigenvalue weighted by molar-refractivity contribution is 5.89. The van der Waals surface area contributed by atoms with Gasteiger partial charge in [0.15, 0.2) is 0 Å². The highest BCUT2D eigenvalue weighted by atomic mass is 16.5. The third-order valence-corrected chi connectivity index (χ3v) is 5.05. The minimum atomic E-state index is -0.138. The second-order valence-electron chi connectivity index (χ2n) is 6.40. The molecule has 5 heterocycles. The largest absolute Gasteiger partial charge is 0.455 e. The van der Waals surface area contributed by atoms with E-state index in [0.29, 0.717) is 29.0 Å². The van der Waals surface area contributed by atoms with E-state index in [4.69, 9.17) is 10.00 Å². The number of fused-ring (bicyclic) bond motifs is 2. The Morgan fingerprint density at radius 1 is 1.41 bits per heavy atom. The average molecular weight is 297 g/mol. The van der Waals surface area contributed by atoms with Gasteiger partial charge in [0.05, 0.1) is 17.8 Å². The predicted molar refractivity (Wildman–Crippen MR) is 82.6 cm³/mol. The molecule has 6 nitrogen and oxygen atoms in total. The first-order valence-electron chi connectivity index (χ1n) is 7.79. The molecule has 0 amide bonds. The Morgan fingerprint density at radius 2 is 2.23 bits per heavy atom. The van der Waals surface area contributed by atoms with Crippen molar-refractivity contribution < 1.29 is 4.74 Å². The molecule has 4 aliphatic heterocycles. The van der Waals surface area contributed by atoms with Crippen molar-refractivity contribution in [1.82, 2.24) is 9.88 Å². The monoisotopic (exact) mass is 297 g/mol. The van der Waals surface area contributed by atoms with E-state index < -0.39 is 0 Å². The van der Waals surface area contributed by atoms with Gasteiger partial charge in [-0.3, -0.25) is 10.2 Å². The zero-order chi connectivity index (χ0) is 15.2. The molecule has 0 radical (unpaired) electrons. The number of pyridine rings is 1. The van der Waals surface area contributed by atoms with Crippen molar-refractivity contribution in [2.45, 2.75) is 25.4 Å². The average Bonchev–Trinajstić information content (AvgIpc) is 2.91. The van der Waals surface area contributed by atoms with Crippen LogP contribution in [-0.4, -0.2) is 47.7 Å². The van der Waals surface area contributed by atoms with E-state index in [-0.39, 0.29) is 5.60 Å². The standard InChI is InChI=1S/C16H19N5O/c1-11-12(8-17)2-3-14(19-11)20-15-18-9-16(22-15)10-21-6-4-13(16)5-7-21/h2-3,13H,4-7,9-10H2,1H3,(H,18,19,20)/t16-/m0/s1. The first kappa shape index (κ1) is 13.5. The lowest BCUT2D eigenvalue weighted by molar-refractivity contribution is -0.0829. The number of aliphatic imine (C=N–C) groups is 1. The molecule has 2 bridgehead atoms. The lowest BCUT2D eigenvalue weighted by Crippen LogP contribution is -2.61. The van der Waals surface area contributed by atoms with Crippen LogP contribution in [0.5, 0.6) is 0 Å². The molecule has 6 heteroatoms. The van der Waals surface area contributed by atoms with Crippen molar-refractivity contribution in [3.05, 3.63) is 23.4 Å². The summed E-state index contributed by atoms with van der Waals surface area (Å²) in [6.07, 6.45) is 2.41. The van der Waals surface area contributed by atoms with E-state index in [1.54, 1.807) is 12.1 Å². The second kappa shape index (κ2) is 4.96. The van der Waals surface area contributed by atoms with E-state index in [0.717, 1.165) is 13.1 Å². The minimum Gasteiger partial charge on any atom is -0.455 e. The van der Waals surface area contributed by atoms with Crippen molar-refractivity contribution in [2.75, 3.05) is 31.5 Å².